The molecule has 0 aliphatic rings. The van der Waals surface area contributed by atoms with Gasteiger partial charge in [0.05, 0.1) is 5.02 Å². The van der Waals surface area contributed by atoms with Gasteiger partial charge in [-0.25, -0.2) is 9.59 Å². The number of aliphatic carboxylic acids is 2. The molecule has 1 aromatic carbocycles. The Labute approximate surface area is 108 Å². The van der Waals surface area contributed by atoms with Crippen LogP contribution < -0.4 is 4.74 Å². The van der Waals surface area contributed by atoms with Crippen LogP contribution in [0, 0.1) is 0 Å². The maximum atomic E-state index is 10.6. The lowest BCUT2D eigenvalue weighted by molar-refractivity contribution is -0.144. The van der Waals surface area contributed by atoms with E-state index in [1.165, 1.54) is 25.1 Å². The fourth-order valence-electron chi connectivity index (χ4n) is 1.12. The molecule has 2 N–H and O–H groups in total. The van der Waals surface area contributed by atoms with Crippen LogP contribution in [0.15, 0.2) is 24.3 Å². The highest BCUT2D eigenvalue weighted by molar-refractivity contribution is 6.32. The van der Waals surface area contributed by atoms with Crippen LogP contribution >= 0.6 is 11.6 Å². The number of benzene rings is 1. The van der Waals surface area contributed by atoms with Crippen LogP contribution in [-0.2, 0) is 9.59 Å². The van der Waals surface area contributed by atoms with Gasteiger partial charge in [-0.15, -0.1) is 0 Å². The third-order valence-electron chi connectivity index (χ3n) is 2.03. The maximum absolute atomic E-state index is 10.6. The van der Waals surface area contributed by atoms with Crippen LogP contribution in [-0.4, -0.2) is 28.3 Å². The lowest BCUT2D eigenvalue weighted by atomic mass is 10.2. The highest BCUT2D eigenvalue weighted by Crippen LogP contribution is 2.26. The zero-order chi connectivity index (χ0) is 13.7. The van der Waals surface area contributed by atoms with E-state index >= 15 is 0 Å². The number of carbonyl (C=O) groups is 2. The lowest BCUT2D eigenvalue weighted by Crippen LogP contribution is -2.22. The minimum absolute atomic E-state index is 0.218. The van der Waals surface area contributed by atoms with E-state index in [0.717, 1.165) is 6.08 Å². The molecular formula is C12H11ClO5. The molecule has 1 aromatic rings. The highest BCUT2D eigenvalue weighted by Gasteiger charge is 2.14. The van der Waals surface area contributed by atoms with Crippen LogP contribution in [0.25, 0.3) is 6.08 Å². The van der Waals surface area contributed by atoms with Gasteiger partial charge in [-0.1, -0.05) is 17.7 Å². The predicted octanol–water partition coefficient (Wildman–Crippen LogP) is 2.29. The van der Waals surface area contributed by atoms with Gasteiger partial charge < -0.3 is 14.9 Å². The Bertz CT molecular complexity index is 495. The molecule has 0 radical (unpaired) electrons. The molecule has 0 aliphatic carbocycles. The first-order valence-electron chi connectivity index (χ1n) is 5.00. The molecule has 0 aromatic heterocycles. The third kappa shape index (κ3) is 4.10. The summed E-state index contributed by atoms with van der Waals surface area (Å²) in [6.07, 6.45) is 1.34. The van der Waals surface area contributed by atoms with Crippen molar-refractivity contribution >= 4 is 29.6 Å². The Kier molecular flexibility index (Phi) is 4.74. The lowest BCUT2D eigenvalue weighted by Gasteiger charge is -2.11. The molecule has 0 amide bonds. The first kappa shape index (κ1) is 14.1. The van der Waals surface area contributed by atoms with Crippen molar-refractivity contribution < 1.29 is 24.5 Å². The number of hydrogen-bond donors (Lipinski definition) is 2. The molecule has 6 heteroatoms. The van der Waals surface area contributed by atoms with E-state index in [1.807, 2.05) is 0 Å². The molecule has 0 bridgehead atoms. The quantitative estimate of drug-likeness (QED) is 0.802. The molecule has 1 atom stereocenters. The SMILES string of the molecule is CC(Oc1ccc(C=CC(=O)O)cc1Cl)C(=O)O. The number of ether oxygens (including phenoxy) is 1. The monoisotopic (exact) mass is 270 g/mol. The van der Waals surface area contributed by atoms with Gasteiger partial charge in [0, 0.05) is 6.08 Å². The fourth-order valence-corrected chi connectivity index (χ4v) is 1.36. The van der Waals surface area contributed by atoms with Gasteiger partial charge in [-0.05, 0) is 30.7 Å². The number of halogens is 1. The van der Waals surface area contributed by atoms with Gasteiger partial charge in [0.2, 0.25) is 0 Å². The van der Waals surface area contributed by atoms with Crippen molar-refractivity contribution in [2.24, 2.45) is 0 Å². The van der Waals surface area contributed by atoms with Gasteiger partial charge in [-0.2, -0.15) is 0 Å². The van der Waals surface area contributed by atoms with Crippen LogP contribution in [0.3, 0.4) is 0 Å². The Morgan fingerprint density at radius 2 is 2.06 bits per heavy atom. The molecular weight excluding hydrogens is 260 g/mol. The Morgan fingerprint density at radius 1 is 1.39 bits per heavy atom. The summed E-state index contributed by atoms with van der Waals surface area (Å²) < 4.78 is 5.12. The number of rotatable bonds is 5. The van der Waals surface area contributed by atoms with Gasteiger partial charge in [0.25, 0.3) is 0 Å². The summed E-state index contributed by atoms with van der Waals surface area (Å²) in [5, 5.41) is 17.4. The minimum atomic E-state index is -1.10. The Morgan fingerprint density at radius 3 is 2.56 bits per heavy atom. The van der Waals surface area contributed by atoms with Crippen LogP contribution in [0.5, 0.6) is 5.75 Å². The van der Waals surface area contributed by atoms with Gasteiger partial charge in [-0.3, -0.25) is 0 Å². The first-order chi connectivity index (χ1) is 8.40. The molecule has 0 saturated carbocycles. The van der Waals surface area contributed by atoms with E-state index in [2.05, 4.69) is 0 Å². The van der Waals surface area contributed by atoms with E-state index in [4.69, 9.17) is 26.6 Å². The second-order valence-electron chi connectivity index (χ2n) is 3.46. The zero-order valence-corrected chi connectivity index (χ0v) is 10.2. The van der Waals surface area contributed by atoms with E-state index in [1.54, 1.807) is 6.07 Å². The largest absolute Gasteiger partial charge is 0.479 e. The standard InChI is InChI=1S/C12H11ClO5/c1-7(12(16)17)18-10-4-2-8(6-9(10)13)3-5-11(14)15/h2-7H,1H3,(H,14,15)(H,16,17). The average molecular weight is 271 g/mol. The van der Waals surface area contributed by atoms with E-state index in [9.17, 15) is 9.59 Å². The topological polar surface area (TPSA) is 83.8 Å². The van der Waals surface area contributed by atoms with Crippen molar-refractivity contribution in [2.75, 3.05) is 0 Å². The number of carboxylic acids is 2. The molecule has 0 aliphatic heterocycles. The van der Waals surface area contributed by atoms with Crippen LogP contribution in [0.4, 0.5) is 0 Å². The van der Waals surface area contributed by atoms with Gasteiger partial charge in [0.15, 0.2) is 6.10 Å². The van der Waals surface area contributed by atoms with E-state index in [-0.39, 0.29) is 10.8 Å². The summed E-state index contributed by atoms with van der Waals surface area (Å²) in [4.78, 5) is 21.0. The molecule has 18 heavy (non-hydrogen) atoms. The van der Waals surface area contributed by atoms with Crippen molar-refractivity contribution in [3.63, 3.8) is 0 Å². The maximum Gasteiger partial charge on any atom is 0.344 e. The van der Waals surface area contributed by atoms with Crippen molar-refractivity contribution in [3.8, 4) is 5.75 Å². The molecule has 1 unspecified atom stereocenters. The fraction of sp³-hybridized carbons (Fsp3) is 0.167. The molecule has 0 saturated heterocycles. The van der Waals surface area contributed by atoms with Crippen LogP contribution in [0.1, 0.15) is 12.5 Å². The summed E-state index contributed by atoms with van der Waals surface area (Å²) in [6, 6.07) is 4.56. The summed E-state index contributed by atoms with van der Waals surface area (Å²) in [7, 11) is 0. The highest BCUT2D eigenvalue weighted by atomic mass is 35.5. The summed E-state index contributed by atoms with van der Waals surface area (Å²) in [6.45, 7) is 1.39. The van der Waals surface area contributed by atoms with Crippen molar-refractivity contribution in [1.82, 2.24) is 0 Å². The van der Waals surface area contributed by atoms with Crippen molar-refractivity contribution in [1.29, 1.82) is 0 Å². The Hall–Kier alpha value is -2.01. The van der Waals surface area contributed by atoms with Crippen molar-refractivity contribution in [3.05, 3.63) is 34.9 Å². The van der Waals surface area contributed by atoms with Gasteiger partial charge >= 0.3 is 11.9 Å². The first-order valence-corrected chi connectivity index (χ1v) is 5.38. The number of hydrogen-bond acceptors (Lipinski definition) is 3. The smallest absolute Gasteiger partial charge is 0.344 e. The zero-order valence-electron chi connectivity index (χ0n) is 9.46. The molecule has 96 valence electrons. The summed E-state index contributed by atoms with van der Waals surface area (Å²) in [5.74, 6) is -1.93. The van der Waals surface area contributed by atoms with Gasteiger partial charge in [0.1, 0.15) is 5.75 Å². The summed E-state index contributed by atoms with van der Waals surface area (Å²) in [5.41, 5.74) is 0.581. The molecule has 0 heterocycles. The molecule has 0 spiro atoms. The third-order valence-corrected chi connectivity index (χ3v) is 2.32. The molecule has 1 rings (SSSR count). The average Bonchev–Trinajstić information content (AvgIpc) is 2.29. The van der Waals surface area contributed by atoms with E-state index in [0.29, 0.717) is 5.56 Å². The molecule has 5 nitrogen and oxygen atoms in total. The number of carboxylic acid groups (broad SMARTS) is 2. The molecule has 0 fully saturated rings. The predicted molar refractivity (Wildman–Crippen MR) is 65.8 cm³/mol. The van der Waals surface area contributed by atoms with Crippen LogP contribution in [0.2, 0.25) is 5.02 Å². The summed E-state index contributed by atoms with van der Waals surface area (Å²) >= 11 is 5.89. The second kappa shape index (κ2) is 6.07. The Balaban J connectivity index is 2.86. The van der Waals surface area contributed by atoms with Crippen molar-refractivity contribution in [2.45, 2.75) is 13.0 Å². The minimum Gasteiger partial charge on any atom is -0.479 e. The second-order valence-corrected chi connectivity index (χ2v) is 3.87. The van der Waals surface area contributed by atoms with E-state index < -0.39 is 18.0 Å². The normalized spacial score (nSPS) is 12.3.